The summed E-state index contributed by atoms with van der Waals surface area (Å²) in [4.78, 5) is 2.77. The van der Waals surface area contributed by atoms with Crippen LogP contribution in [0, 0.1) is 11.8 Å². The number of piperidine rings is 1. The molecular formula is C12H22N2S. The van der Waals surface area contributed by atoms with Crippen LogP contribution in [0.15, 0.2) is 0 Å². The highest BCUT2D eigenvalue weighted by Crippen LogP contribution is 2.41. The molecule has 15 heavy (non-hydrogen) atoms. The van der Waals surface area contributed by atoms with E-state index in [1.165, 1.54) is 43.7 Å². The summed E-state index contributed by atoms with van der Waals surface area (Å²) in [5.41, 5.74) is 6.01. The number of fused-ring (bicyclic) bond motifs is 2. The molecule has 2 aliphatic heterocycles. The Labute approximate surface area is 97.0 Å². The Bertz CT molecular complexity index is 228. The molecule has 2 heterocycles. The van der Waals surface area contributed by atoms with E-state index in [2.05, 4.69) is 16.7 Å². The van der Waals surface area contributed by atoms with Crippen molar-refractivity contribution >= 4 is 11.8 Å². The first kappa shape index (κ1) is 10.4. The molecule has 0 aromatic rings. The first-order valence-electron chi connectivity index (χ1n) is 6.42. The Morgan fingerprint density at radius 1 is 1.33 bits per heavy atom. The van der Waals surface area contributed by atoms with E-state index in [4.69, 9.17) is 5.73 Å². The van der Waals surface area contributed by atoms with Crippen molar-refractivity contribution < 1.29 is 0 Å². The van der Waals surface area contributed by atoms with Crippen LogP contribution in [0.5, 0.6) is 0 Å². The van der Waals surface area contributed by atoms with Gasteiger partial charge in [0, 0.05) is 25.2 Å². The lowest BCUT2D eigenvalue weighted by Gasteiger charge is -2.37. The Morgan fingerprint density at radius 2 is 2.27 bits per heavy atom. The average Bonchev–Trinajstić information content (AvgIpc) is 2.94. The highest BCUT2D eigenvalue weighted by Gasteiger charge is 2.42. The van der Waals surface area contributed by atoms with E-state index in [1.807, 2.05) is 0 Å². The maximum atomic E-state index is 6.01. The second-order valence-electron chi connectivity index (χ2n) is 5.46. The molecule has 3 heteroatoms. The van der Waals surface area contributed by atoms with E-state index in [9.17, 15) is 0 Å². The van der Waals surface area contributed by atoms with Crippen LogP contribution in [0.4, 0.5) is 0 Å². The molecule has 2 bridgehead atoms. The van der Waals surface area contributed by atoms with E-state index in [0.717, 1.165) is 24.4 Å². The molecule has 1 aliphatic carbocycles. The third-order valence-electron chi connectivity index (χ3n) is 4.63. The van der Waals surface area contributed by atoms with Gasteiger partial charge in [-0.3, -0.25) is 4.90 Å². The predicted octanol–water partition coefficient (Wildman–Crippen LogP) is 1.55. The summed E-state index contributed by atoms with van der Waals surface area (Å²) in [6.07, 6.45) is 5.80. The van der Waals surface area contributed by atoms with Gasteiger partial charge in [0.1, 0.15) is 0 Å². The van der Waals surface area contributed by atoms with Gasteiger partial charge in [-0.1, -0.05) is 0 Å². The maximum Gasteiger partial charge on any atom is 0.0257 e. The van der Waals surface area contributed by atoms with Gasteiger partial charge in [0.25, 0.3) is 0 Å². The summed E-state index contributed by atoms with van der Waals surface area (Å²) in [6, 6.07) is 1.60. The minimum absolute atomic E-state index is 0.704. The van der Waals surface area contributed by atoms with Crippen LogP contribution >= 0.6 is 11.8 Å². The zero-order valence-electron chi connectivity index (χ0n) is 9.40. The molecule has 2 N–H and O–H groups in total. The van der Waals surface area contributed by atoms with E-state index < -0.39 is 0 Å². The fourth-order valence-electron chi connectivity index (χ4n) is 3.82. The monoisotopic (exact) mass is 226 g/mol. The fraction of sp³-hybridized carbons (Fsp3) is 1.00. The number of hydrogen-bond donors (Lipinski definition) is 1. The first-order chi connectivity index (χ1) is 7.38. The summed E-state index contributed by atoms with van der Waals surface area (Å²) >= 11 is 2.12. The minimum atomic E-state index is 0.704. The molecule has 3 rings (SSSR count). The molecule has 0 radical (unpaired) electrons. The van der Waals surface area contributed by atoms with Crippen LogP contribution in [-0.2, 0) is 0 Å². The topological polar surface area (TPSA) is 29.3 Å². The van der Waals surface area contributed by atoms with Gasteiger partial charge in [0.2, 0.25) is 0 Å². The highest BCUT2D eigenvalue weighted by atomic mass is 32.2. The fourth-order valence-corrected chi connectivity index (χ4v) is 5.15. The zero-order valence-corrected chi connectivity index (χ0v) is 10.2. The predicted molar refractivity (Wildman–Crippen MR) is 66.1 cm³/mol. The summed E-state index contributed by atoms with van der Waals surface area (Å²) in [6.45, 7) is 2.24. The van der Waals surface area contributed by atoms with Gasteiger partial charge in [-0.05, 0) is 49.0 Å². The van der Waals surface area contributed by atoms with Crippen molar-refractivity contribution in [2.45, 2.75) is 37.8 Å². The summed E-state index contributed by atoms with van der Waals surface area (Å²) in [7, 11) is 0. The molecule has 3 aliphatic rings. The molecule has 0 spiro atoms. The van der Waals surface area contributed by atoms with Gasteiger partial charge in [-0.15, -0.1) is 0 Å². The third-order valence-corrected chi connectivity index (χ3v) is 5.82. The molecule has 4 unspecified atom stereocenters. The third kappa shape index (κ3) is 1.83. The minimum Gasteiger partial charge on any atom is -0.329 e. The Kier molecular flexibility index (Phi) is 2.97. The van der Waals surface area contributed by atoms with E-state index in [0.29, 0.717) is 6.04 Å². The van der Waals surface area contributed by atoms with Gasteiger partial charge >= 0.3 is 0 Å². The van der Waals surface area contributed by atoms with Crippen molar-refractivity contribution in [1.82, 2.24) is 4.90 Å². The summed E-state index contributed by atoms with van der Waals surface area (Å²) in [5, 5.41) is 0. The summed E-state index contributed by atoms with van der Waals surface area (Å²) in [5.74, 6) is 4.62. The van der Waals surface area contributed by atoms with Crippen molar-refractivity contribution in [1.29, 1.82) is 0 Å². The largest absolute Gasteiger partial charge is 0.329 e. The van der Waals surface area contributed by atoms with Gasteiger partial charge in [-0.25, -0.2) is 0 Å². The van der Waals surface area contributed by atoms with Crippen LogP contribution in [0.3, 0.4) is 0 Å². The van der Waals surface area contributed by atoms with E-state index in [1.54, 1.807) is 0 Å². The maximum absolute atomic E-state index is 6.01. The van der Waals surface area contributed by atoms with Gasteiger partial charge in [0.05, 0.1) is 0 Å². The van der Waals surface area contributed by atoms with Crippen LogP contribution in [0.1, 0.15) is 25.7 Å². The van der Waals surface area contributed by atoms with Crippen molar-refractivity contribution in [2.75, 3.05) is 24.6 Å². The standard InChI is InChI=1S/C12H22N2S/c13-6-12(10-3-4-15-8-10)14-7-9-1-2-11(14)5-9/h9-12H,1-8,13H2. The van der Waals surface area contributed by atoms with Gasteiger partial charge in [0.15, 0.2) is 0 Å². The van der Waals surface area contributed by atoms with Crippen LogP contribution in [0.2, 0.25) is 0 Å². The molecule has 4 atom stereocenters. The lowest BCUT2D eigenvalue weighted by atomic mass is 9.95. The van der Waals surface area contributed by atoms with Crippen LogP contribution in [0.25, 0.3) is 0 Å². The lowest BCUT2D eigenvalue weighted by molar-refractivity contribution is 0.117. The molecule has 0 amide bonds. The molecule has 3 fully saturated rings. The van der Waals surface area contributed by atoms with Crippen molar-refractivity contribution in [3.63, 3.8) is 0 Å². The van der Waals surface area contributed by atoms with Crippen LogP contribution in [-0.4, -0.2) is 41.6 Å². The molecule has 1 saturated carbocycles. The smallest absolute Gasteiger partial charge is 0.0257 e. The molecule has 86 valence electrons. The number of thioether (sulfide) groups is 1. The molecule has 2 nitrogen and oxygen atoms in total. The number of rotatable bonds is 3. The first-order valence-corrected chi connectivity index (χ1v) is 7.57. The quantitative estimate of drug-likeness (QED) is 0.792. The number of hydrogen-bond acceptors (Lipinski definition) is 3. The number of nitrogens with two attached hydrogens (primary N) is 1. The van der Waals surface area contributed by atoms with Crippen LogP contribution < -0.4 is 5.73 Å². The molecular weight excluding hydrogens is 204 g/mol. The Balaban J connectivity index is 1.68. The zero-order chi connectivity index (χ0) is 10.3. The number of nitrogens with zero attached hydrogens (tertiary/aromatic N) is 1. The molecule has 0 aromatic heterocycles. The normalized spacial score (nSPS) is 42.6. The van der Waals surface area contributed by atoms with E-state index >= 15 is 0 Å². The summed E-state index contributed by atoms with van der Waals surface area (Å²) < 4.78 is 0. The van der Waals surface area contributed by atoms with Crippen molar-refractivity contribution in [2.24, 2.45) is 17.6 Å². The second-order valence-corrected chi connectivity index (χ2v) is 6.61. The van der Waals surface area contributed by atoms with Crippen molar-refractivity contribution in [3.8, 4) is 0 Å². The van der Waals surface area contributed by atoms with Gasteiger partial charge < -0.3 is 5.73 Å². The Hall–Kier alpha value is 0.270. The van der Waals surface area contributed by atoms with Gasteiger partial charge in [-0.2, -0.15) is 11.8 Å². The SMILES string of the molecule is NCC(C1CCSC1)N1CC2CCC1C2. The molecule has 2 saturated heterocycles. The highest BCUT2D eigenvalue weighted by molar-refractivity contribution is 7.99. The lowest BCUT2D eigenvalue weighted by Crippen LogP contribution is -2.49. The van der Waals surface area contributed by atoms with E-state index in [-0.39, 0.29) is 0 Å². The Morgan fingerprint density at radius 3 is 2.80 bits per heavy atom. The molecule has 0 aromatic carbocycles. The number of likely N-dealkylation sites (tertiary alicyclic amines) is 1. The second kappa shape index (κ2) is 4.27. The van der Waals surface area contributed by atoms with Crippen molar-refractivity contribution in [3.05, 3.63) is 0 Å². The average molecular weight is 226 g/mol.